The van der Waals surface area contributed by atoms with Crippen LogP contribution in [-0.4, -0.2) is 0 Å². The third-order valence-electron chi connectivity index (χ3n) is 6.57. The number of hydrogen-bond acceptors (Lipinski definition) is 0. The monoisotopic (exact) mass is 508 g/mol. The second-order valence-electron chi connectivity index (χ2n) is 12.0. The molecule has 0 bridgehead atoms. The molecule has 0 heterocycles. The van der Waals surface area contributed by atoms with E-state index in [-0.39, 0.29) is 5.41 Å². The molecule has 0 aliphatic carbocycles. The van der Waals surface area contributed by atoms with E-state index in [1.165, 1.54) is 61.2 Å². The normalized spacial score (nSPS) is 10.2. The number of rotatable bonds is 0. The van der Waals surface area contributed by atoms with E-state index in [1.54, 1.807) is 0 Å². The first-order chi connectivity index (χ1) is 17.6. The second kappa shape index (κ2) is 15.3. The van der Waals surface area contributed by atoms with Gasteiger partial charge in [-0.3, -0.25) is 0 Å². The largest absolute Gasteiger partial charge is 0.0591 e. The van der Waals surface area contributed by atoms with Gasteiger partial charge in [0, 0.05) is 0 Å². The Hall–Kier alpha value is -3.12. The number of benzene rings is 4. The van der Waals surface area contributed by atoms with E-state index in [9.17, 15) is 0 Å². The SMILES string of the molecule is Cc1cc(C)c(C)c(C)c1.Cc1cc(C)cc(C)c1.Cc1ccc(C(C)(C)C)cc1.Cc1ccc(C)cc1. The molecule has 4 aromatic carbocycles. The van der Waals surface area contributed by atoms with Crippen molar-refractivity contribution in [2.45, 2.75) is 95.4 Å². The topological polar surface area (TPSA) is 0 Å². The minimum Gasteiger partial charge on any atom is -0.0591 e. The van der Waals surface area contributed by atoms with E-state index in [0.717, 1.165) is 0 Å². The zero-order valence-corrected chi connectivity index (χ0v) is 26.5. The lowest BCUT2D eigenvalue weighted by Gasteiger charge is -2.18. The van der Waals surface area contributed by atoms with Gasteiger partial charge < -0.3 is 0 Å². The fraction of sp³-hybridized carbons (Fsp3) is 0.368. The van der Waals surface area contributed by atoms with Crippen molar-refractivity contribution in [2.24, 2.45) is 0 Å². The number of hydrogen-bond donors (Lipinski definition) is 0. The summed E-state index contributed by atoms with van der Waals surface area (Å²) in [6.45, 7) is 28.0. The first-order valence-electron chi connectivity index (χ1n) is 13.8. The Labute approximate surface area is 235 Å². The molecule has 0 aromatic heterocycles. The van der Waals surface area contributed by atoms with Gasteiger partial charge in [0.25, 0.3) is 0 Å². The summed E-state index contributed by atoms with van der Waals surface area (Å²) in [7, 11) is 0. The predicted molar refractivity (Wildman–Crippen MR) is 172 cm³/mol. The van der Waals surface area contributed by atoms with E-state index in [2.05, 4.69) is 169 Å². The Balaban J connectivity index is 0.000000255. The lowest BCUT2D eigenvalue weighted by molar-refractivity contribution is 0.590. The van der Waals surface area contributed by atoms with Gasteiger partial charge in [-0.15, -0.1) is 0 Å². The van der Waals surface area contributed by atoms with Crippen molar-refractivity contribution in [3.8, 4) is 0 Å². The van der Waals surface area contributed by atoms with E-state index in [1.807, 2.05) is 0 Å². The smallest absolute Gasteiger partial charge is 0.0132 e. The van der Waals surface area contributed by atoms with Crippen molar-refractivity contribution in [3.63, 3.8) is 0 Å². The predicted octanol–water partition coefficient (Wildman–Crippen LogP) is 11.1. The molecule has 0 fully saturated rings. The molecule has 0 saturated heterocycles. The highest BCUT2D eigenvalue weighted by atomic mass is 14.2. The summed E-state index contributed by atoms with van der Waals surface area (Å²) in [4.78, 5) is 0. The molecule has 0 aliphatic heterocycles. The van der Waals surface area contributed by atoms with Gasteiger partial charge >= 0.3 is 0 Å². The van der Waals surface area contributed by atoms with Gasteiger partial charge in [0.05, 0.1) is 0 Å². The molecule has 0 amide bonds. The highest BCUT2D eigenvalue weighted by Gasteiger charge is 2.11. The molecule has 0 nitrogen and oxygen atoms in total. The zero-order chi connectivity index (χ0) is 29.0. The van der Waals surface area contributed by atoms with Crippen molar-refractivity contribution in [1.82, 2.24) is 0 Å². The molecule has 0 spiro atoms. The third-order valence-corrected chi connectivity index (χ3v) is 6.57. The lowest BCUT2D eigenvalue weighted by atomic mass is 9.87. The molecule has 0 unspecified atom stereocenters. The van der Waals surface area contributed by atoms with Crippen LogP contribution in [0.15, 0.2) is 78.9 Å². The van der Waals surface area contributed by atoms with Gasteiger partial charge in [0.1, 0.15) is 0 Å². The molecular formula is C38H52. The Morgan fingerprint density at radius 3 is 0.895 bits per heavy atom. The molecule has 204 valence electrons. The fourth-order valence-electron chi connectivity index (χ4n) is 4.14. The van der Waals surface area contributed by atoms with Crippen LogP contribution in [-0.2, 0) is 5.41 Å². The first-order valence-corrected chi connectivity index (χ1v) is 13.8. The fourth-order valence-corrected chi connectivity index (χ4v) is 4.14. The van der Waals surface area contributed by atoms with E-state index in [4.69, 9.17) is 0 Å². The van der Waals surface area contributed by atoms with E-state index < -0.39 is 0 Å². The highest BCUT2D eigenvalue weighted by molar-refractivity contribution is 5.36. The summed E-state index contributed by atoms with van der Waals surface area (Å²) in [5.74, 6) is 0. The van der Waals surface area contributed by atoms with Crippen molar-refractivity contribution in [2.75, 3.05) is 0 Å². The molecule has 0 heteroatoms. The van der Waals surface area contributed by atoms with Crippen LogP contribution in [0.1, 0.15) is 82.0 Å². The Morgan fingerprint density at radius 1 is 0.342 bits per heavy atom. The average molecular weight is 509 g/mol. The summed E-state index contributed by atoms with van der Waals surface area (Å²) < 4.78 is 0. The molecule has 0 N–H and O–H groups in total. The summed E-state index contributed by atoms with van der Waals surface area (Å²) in [6, 6.07) is 28.2. The Morgan fingerprint density at radius 2 is 0.605 bits per heavy atom. The maximum atomic E-state index is 2.23. The quantitative estimate of drug-likeness (QED) is 0.221. The van der Waals surface area contributed by atoms with Crippen LogP contribution in [0.2, 0.25) is 0 Å². The molecular weight excluding hydrogens is 456 g/mol. The van der Waals surface area contributed by atoms with Crippen LogP contribution >= 0.6 is 0 Å². The molecule has 0 aliphatic rings. The van der Waals surface area contributed by atoms with Crippen LogP contribution in [0.25, 0.3) is 0 Å². The maximum Gasteiger partial charge on any atom is -0.0132 e. The average Bonchev–Trinajstić information content (AvgIpc) is 2.79. The zero-order valence-electron chi connectivity index (χ0n) is 26.5. The van der Waals surface area contributed by atoms with Crippen molar-refractivity contribution >= 4 is 0 Å². The Kier molecular flexibility index (Phi) is 13.3. The molecule has 38 heavy (non-hydrogen) atoms. The molecule has 4 aromatic rings. The van der Waals surface area contributed by atoms with Crippen LogP contribution < -0.4 is 0 Å². The van der Waals surface area contributed by atoms with Gasteiger partial charge in [-0.05, 0) is 96.9 Å². The van der Waals surface area contributed by atoms with Crippen molar-refractivity contribution in [3.05, 3.63) is 140 Å². The summed E-state index contributed by atoms with van der Waals surface area (Å²) in [6.07, 6.45) is 0. The summed E-state index contributed by atoms with van der Waals surface area (Å²) >= 11 is 0. The summed E-state index contributed by atoms with van der Waals surface area (Å²) in [5.41, 5.74) is 15.3. The van der Waals surface area contributed by atoms with Gasteiger partial charge in [-0.1, -0.05) is 139 Å². The van der Waals surface area contributed by atoms with Gasteiger partial charge in [0.2, 0.25) is 0 Å². The van der Waals surface area contributed by atoms with Crippen molar-refractivity contribution < 1.29 is 0 Å². The van der Waals surface area contributed by atoms with Crippen LogP contribution in [0.4, 0.5) is 0 Å². The maximum absolute atomic E-state index is 2.23. The van der Waals surface area contributed by atoms with Crippen LogP contribution in [0.5, 0.6) is 0 Å². The van der Waals surface area contributed by atoms with Crippen LogP contribution in [0, 0.1) is 69.2 Å². The first kappa shape index (κ1) is 32.9. The van der Waals surface area contributed by atoms with Crippen LogP contribution in [0.3, 0.4) is 0 Å². The van der Waals surface area contributed by atoms with E-state index in [0.29, 0.717) is 0 Å². The highest BCUT2D eigenvalue weighted by Crippen LogP contribution is 2.21. The molecule has 0 saturated carbocycles. The lowest BCUT2D eigenvalue weighted by Crippen LogP contribution is -2.10. The van der Waals surface area contributed by atoms with E-state index >= 15 is 0 Å². The van der Waals surface area contributed by atoms with Crippen molar-refractivity contribution in [1.29, 1.82) is 0 Å². The Bertz CT molecular complexity index is 1150. The summed E-state index contributed by atoms with van der Waals surface area (Å²) in [5, 5.41) is 0. The molecule has 0 radical (unpaired) electrons. The van der Waals surface area contributed by atoms with Gasteiger partial charge in [-0.2, -0.15) is 0 Å². The third kappa shape index (κ3) is 12.9. The van der Waals surface area contributed by atoms with Gasteiger partial charge in [0.15, 0.2) is 0 Å². The standard InChI is InChI=1S/C11H16.C10H14.C9H12.C8H10/c1-9-5-7-10(8-6-9)11(2,3)4;1-7-5-8(2)10(4)9(3)6-7;1-7-4-8(2)6-9(3)5-7;1-7-3-5-8(2)6-4-7/h5-8H,1-4H3;5-6H,1-4H3;4-6H,1-3H3;3-6H,1-2H3. The minimum atomic E-state index is 0.285. The second-order valence-corrected chi connectivity index (χ2v) is 12.0. The minimum absolute atomic E-state index is 0.285. The number of aryl methyl sites for hydroxylation is 9. The van der Waals surface area contributed by atoms with Gasteiger partial charge in [-0.25, -0.2) is 0 Å². The molecule has 4 rings (SSSR count). The molecule has 0 atom stereocenters.